The Balaban J connectivity index is 1.23. The molecule has 0 saturated heterocycles. The summed E-state index contributed by atoms with van der Waals surface area (Å²) in [5, 5.41) is 9.05. The molecule has 0 saturated carbocycles. The zero-order valence-electron chi connectivity index (χ0n) is 19.1. The van der Waals surface area contributed by atoms with Crippen LogP contribution in [0.5, 0.6) is 5.75 Å². The van der Waals surface area contributed by atoms with Gasteiger partial charge in [-0.1, -0.05) is 66.7 Å². The maximum atomic E-state index is 12.7. The molecule has 0 unspecified atom stereocenters. The van der Waals surface area contributed by atoms with Gasteiger partial charge in [0, 0.05) is 22.2 Å². The van der Waals surface area contributed by atoms with E-state index in [1.807, 2.05) is 96.4 Å². The van der Waals surface area contributed by atoms with Gasteiger partial charge in [0.1, 0.15) is 5.75 Å². The number of methoxy groups -OCH3 is 1. The second-order valence-corrected chi connectivity index (χ2v) is 8.70. The number of amides is 1. The highest BCUT2D eigenvalue weighted by Gasteiger charge is 2.10. The quantitative estimate of drug-likeness (QED) is 0.255. The minimum absolute atomic E-state index is 0.144. The largest absolute Gasteiger partial charge is 0.495 e. The Morgan fingerprint density at radius 1 is 0.771 bits per heavy atom. The first-order valence-corrected chi connectivity index (χ1v) is 12.0. The minimum atomic E-state index is -0.144. The fourth-order valence-corrected chi connectivity index (χ4v) is 4.43. The molecule has 0 bridgehead atoms. The summed E-state index contributed by atoms with van der Waals surface area (Å²) in [4.78, 5) is 17.4. The molecule has 5 nitrogen and oxygen atoms in total. The monoisotopic (exact) mass is 477 g/mol. The van der Waals surface area contributed by atoms with Crippen molar-refractivity contribution in [1.82, 2.24) is 4.98 Å². The summed E-state index contributed by atoms with van der Waals surface area (Å²) in [5.41, 5.74) is 6.24. The van der Waals surface area contributed by atoms with Crippen LogP contribution in [0.3, 0.4) is 0 Å². The van der Waals surface area contributed by atoms with Crippen molar-refractivity contribution in [3.8, 4) is 28.1 Å². The fraction of sp³-hybridized carbons (Fsp3) is 0.0345. The molecule has 0 radical (unpaired) electrons. The molecular formula is C29H23N3O2S. The van der Waals surface area contributed by atoms with E-state index in [1.165, 1.54) is 11.3 Å². The van der Waals surface area contributed by atoms with Gasteiger partial charge in [0.25, 0.3) is 5.91 Å². The van der Waals surface area contributed by atoms with Crippen LogP contribution in [-0.4, -0.2) is 18.0 Å². The van der Waals surface area contributed by atoms with Gasteiger partial charge in [-0.3, -0.25) is 4.79 Å². The van der Waals surface area contributed by atoms with Gasteiger partial charge in [-0.2, -0.15) is 0 Å². The highest BCUT2D eigenvalue weighted by Crippen LogP contribution is 2.31. The zero-order chi connectivity index (χ0) is 24.0. The summed E-state index contributed by atoms with van der Waals surface area (Å²) < 4.78 is 5.39. The molecule has 0 aliphatic carbocycles. The van der Waals surface area contributed by atoms with Crippen LogP contribution in [0, 0.1) is 0 Å². The standard InChI is InChI=1S/C29H23N3O2S/c1-34-27-10-6-5-9-25(27)31-29-32-26(19-35-29)22-15-17-24(18-16-22)30-28(33)23-13-11-21(12-14-23)20-7-3-2-4-8-20/h2-19H,1H3,(H,30,33)(H,31,32). The second kappa shape index (κ2) is 10.2. The summed E-state index contributed by atoms with van der Waals surface area (Å²) in [5.74, 6) is 0.619. The van der Waals surface area contributed by atoms with Gasteiger partial charge in [0.2, 0.25) is 0 Å². The van der Waals surface area contributed by atoms with Crippen LogP contribution < -0.4 is 15.4 Å². The normalized spacial score (nSPS) is 10.5. The topological polar surface area (TPSA) is 63.2 Å². The molecule has 35 heavy (non-hydrogen) atoms. The Kier molecular flexibility index (Phi) is 6.55. The highest BCUT2D eigenvalue weighted by atomic mass is 32.1. The fourth-order valence-electron chi connectivity index (χ4n) is 3.70. The summed E-state index contributed by atoms with van der Waals surface area (Å²) >= 11 is 1.52. The Morgan fingerprint density at radius 3 is 2.17 bits per heavy atom. The first-order chi connectivity index (χ1) is 17.2. The number of carbonyl (C=O) groups is 1. The molecule has 1 heterocycles. The van der Waals surface area contributed by atoms with E-state index >= 15 is 0 Å². The number of ether oxygens (including phenoxy) is 1. The molecule has 4 aromatic carbocycles. The van der Waals surface area contributed by atoms with Gasteiger partial charge in [-0.15, -0.1) is 11.3 Å². The lowest BCUT2D eigenvalue weighted by Gasteiger charge is -2.08. The van der Waals surface area contributed by atoms with Crippen LogP contribution >= 0.6 is 11.3 Å². The van der Waals surface area contributed by atoms with Gasteiger partial charge in [-0.25, -0.2) is 4.98 Å². The molecule has 6 heteroatoms. The van der Waals surface area contributed by atoms with E-state index in [-0.39, 0.29) is 5.91 Å². The number of hydrogen-bond acceptors (Lipinski definition) is 5. The van der Waals surface area contributed by atoms with Crippen molar-refractivity contribution in [2.24, 2.45) is 0 Å². The third-order valence-corrected chi connectivity index (χ3v) is 6.30. The van der Waals surface area contributed by atoms with Crippen molar-refractivity contribution >= 4 is 33.8 Å². The van der Waals surface area contributed by atoms with Gasteiger partial charge in [0.15, 0.2) is 5.13 Å². The smallest absolute Gasteiger partial charge is 0.255 e. The van der Waals surface area contributed by atoms with E-state index in [1.54, 1.807) is 7.11 Å². The first-order valence-electron chi connectivity index (χ1n) is 11.1. The number of anilines is 3. The van der Waals surface area contributed by atoms with Gasteiger partial charge < -0.3 is 15.4 Å². The Hall–Kier alpha value is -4.42. The summed E-state index contributed by atoms with van der Waals surface area (Å²) in [6.45, 7) is 0. The van der Waals surface area contributed by atoms with Gasteiger partial charge in [-0.05, 0) is 47.5 Å². The van der Waals surface area contributed by atoms with E-state index in [9.17, 15) is 4.79 Å². The van der Waals surface area contributed by atoms with Crippen LogP contribution in [-0.2, 0) is 0 Å². The maximum Gasteiger partial charge on any atom is 0.255 e. The first kappa shape index (κ1) is 22.4. The number of benzene rings is 4. The lowest BCUT2D eigenvalue weighted by molar-refractivity contribution is 0.102. The molecule has 0 aliphatic heterocycles. The Bertz CT molecular complexity index is 1430. The van der Waals surface area contributed by atoms with Crippen LogP contribution in [0.25, 0.3) is 22.4 Å². The zero-order valence-corrected chi connectivity index (χ0v) is 19.9. The number of nitrogens with zero attached hydrogens (tertiary/aromatic N) is 1. The SMILES string of the molecule is COc1ccccc1Nc1nc(-c2ccc(NC(=O)c3ccc(-c4ccccc4)cc3)cc2)cs1. The third kappa shape index (κ3) is 5.23. The van der Waals surface area contributed by atoms with Gasteiger partial charge in [0.05, 0.1) is 18.5 Å². The predicted molar refractivity (Wildman–Crippen MR) is 144 cm³/mol. The van der Waals surface area contributed by atoms with E-state index in [2.05, 4.69) is 27.8 Å². The highest BCUT2D eigenvalue weighted by molar-refractivity contribution is 7.14. The van der Waals surface area contributed by atoms with Crippen LogP contribution in [0.4, 0.5) is 16.5 Å². The second-order valence-electron chi connectivity index (χ2n) is 7.84. The number of nitrogens with one attached hydrogen (secondary N) is 2. The van der Waals surface area contributed by atoms with Crippen LogP contribution in [0.1, 0.15) is 10.4 Å². The number of thiazole rings is 1. The van der Waals surface area contributed by atoms with Crippen molar-refractivity contribution in [3.63, 3.8) is 0 Å². The van der Waals surface area contributed by atoms with E-state index in [0.29, 0.717) is 5.56 Å². The molecule has 5 aromatic rings. The molecule has 172 valence electrons. The van der Waals surface area contributed by atoms with Crippen molar-refractivity contribution in [2.75, 3.05) is 17.7 Å². The van der Waals surface area contributed by atoms with Gasteiger partial charge >= 0.3 is 0 Å². The summed E-state index contributed by atoms with van der Waals surface area (Å²) in [6, 6.07) is 33.1. The molecular weight excluding hydrogens is 454 g/mol. The molecule has 1 amide bonds. The molecule has 0 fully saturated rings. The average Bonchev–Trinajstić information content (AvgIpc) is 3.38. The molecule has 0 aliphatic rings. The molecule has 0 atom stereocenters. The number of aromatic nitrogens is 1. The lowest BCUT2D eigenvalue weighted by atomic mass is 10.0. The predicted octanol–water partition coefficient (Wildman–Crippen LogP) is 7.48. The maximum absolute atomic E-state index is 12.7. The van der Waals surface area contributed by atoms with Crippen LogP contribution in [0.15, 0.2) is 109 Å². The molecule has 0 spiro atoms. The van der Waals surface area contributed by atoms with Crippen LogP contribution in [0.2, 0.25) is 0 Å². The molecule has 2 N–H and O–H groups in total. The summed E-state index contributed by atoms with van der Waals surface area (Å²) in [7, 11) is 1.65. The van der Waals surface area contributed by atoms with E-state index < -0.39 is 0 Å². The third-order valence-electron chi connectivity index (χ3n) is 5.55. The lowest BCUT2D eigenvalue weighted by Crippen LogP contribution is -2.11. The Morgan fingerprint density at radius 2 is 1.43 bits per heavy atom. The average molecular weight is 478 g/mol. The van der Waals surface area contributed by atoms with E-state index in [0.717, 1.165) is 44.6 Å². The number of para-hydroxylation sites is 2. The number of hydrogen-bond donors (Lipinski definition) is 2. The van der Waals surface area contributed by atoms with Crippen molar-refractivity contribution in [2.45, 2.75) is 0 Å². The van der Waals surface area contributed by atoms with E-state index in [4.69, 9.17) is 4.74 Å². The van der Waals surface area contributed by atoms with Crippen molar-refractivity contribution < 1.29 is 9.53 Å². The number of rotatable bonds is 7. The molecule has 1 aromatic heterocycles. The minimum Gasteiger partial charge on any atom is -0.495 e. The van der Waals surface area contributed by atoms with Crippen molar-refractivity contribution in [3.05, 3.63) is 114 Å². The Labute approximate surface area is 208 Å². The summed E-state index contributed by atoms with van der Waals surface area (Å²) in [6.07, 6.45) is 0. The molecule has 5 rings (SSSR count). The van der Waals surface area contributed by atoms with Crippen molar-refractivity contribution in [1.29, 1.82) is 0 Å². The number of carbonyl (C=O) groups excluding carboxylic acids is 1.